The quantitative estimate of drug-likeness (QED) is 0.664. The van der Waals surface area contributed by atoms with Crippen molar-refractivity contribution < 1.29 is 26.4 Å². The molecule has 1 N–H and O–H groups in total. The molecule has 0 spiro atoms. The van der Waals surface area contributed by atoms with Crippen molar-refractivity contribution in [3.63, 3.8) is 0 Å². The fourth-order valence-electron chi connectivity index (χ4n) is 2.94. The van der Waals surface area contributed by atoms with Crippen LogP contribution in [0, 0.1) is 6.07 Å². The van der Waals surface area contributed by atoms with Crippen LogP contribution in [0.15, 0.2) is 41.4 Å². The number of nitrogens with zero attached hydrogens (tertiary/aromatic N) is 2. The number of carbonyl (C=O) groups is 2. The topological polar surface area (TPSA) is 61.8 Å². The van der Waals surface area contributed by atoms with Gasteiger partial charge in [-0.1, -0.05) is 12.1 Å². The number of fused-ring (bicyclic) bond motifs is 1. The van der Waals surface area contributed by atoms with Crippen molar-refractivity contribution >= 4 is 29.3 Å². The molecule has 2 amide bonds. The van der Waals surface area contributed by atoms with Crippen LogP contribution < -0.4 is 5.32 Å². The zero-order chi connectivity index (χ0) is 16.2. The van der Waals surface area contributed by atoms with Crippen LogP contribution in [0.2, 0.25) is 0 Å². The Balaban J connectivity index is 0.00000208. The van der Waals surface area contributed by atoms with Crippen molar-refractivity contribution in [2.45, 2.75) is 19.0 Å². The second kappa shape index (κ2) is 8.08. The fourth-order valence-corrected chi connectivity index (χ4v) is 2.94. The molecule has 0 saturated carbocycles. The fraction of sp³-hybridized carbons (Fsp3) is 0.278. The molecule has 1 saturated heterocycles. The Kier molecular flexibility index (Phi) is 6.11. The van der Waals surface area contributed by atoms with E-state index >= 15 is 0 Å². The molecule has 24 heavy (non-hydrogen) atoms. The summed E-state index contributed by atoms with van der Waals surface area (Å²) in [5.41, 5.74) is 0.559. The van der Waals surface area contributed by atoms with Gasteiger partial charge in [0, 0.05) is 28.9 Å². The van der Waals surface area contributed by atoms with E-state index < -0.39 is 0 Å². The molecule has 0 unspecified atom stereocenters. The standard InChI is InChI=1S/C18H18N3O2.Co/c1-19-16-10-5-11-21(16)17(22)12-20-18(23)15-9-4-7-13-6-2-3-8-14(13)15;/h3-4,6-9,16H,1,5,10-12H2,(H,20,23);/q-1;/t16-;/m0./s1. The first-order chi connectivity index (χ1) is 11.2. The van der Waals surface area contributed by atoms with Gasteiger partial charge in [0.25, 0.3) is 0 Å². The van der Waals surface area contributed by atoms with Gasteiger partial charge in [0.1, 0.15) is 6.17 Å². The van der Waals surface area contributed by atoms with E-state index in [1.165, 1.54) is 0 Å². The molecule has 0 bridgehead atoms. The van der Waals surface area contributed by atoms with E-state index in [-0.39, 0.29) is 41.3 Å². The number of aliphatic imine (C=N–C) groups is 1. The number of hydrogen-bond donors (Lipinski definition) is 1. The van der Waals surface area contributed by atoms with Crippen LogP contribution in [0.4, 0.5) is 0 Å². The van der Waals surface area contributed by atoms with Crippen LogP contribution in [0.1, 0.15) is 23.2 Å². The first kappa shape index (κ1) is 18.2. The summed E-state index contributed by atoms with van der Waals surface area (Å²) in [5.74, 6) is -0.376. The van der Waals surface area contributed by atoms with Crippen LogP contribution >= 0.6 is 0 Å². The van der Waals surface area contributed by atoms with E-state index in [0.29, 0.717) is 12.1 Å². The molecule has 1 heterocycles. The summed E-state index contributed by atoms with van der Waals surface area (Å²) in [6.45, 7) is 4.16. The first-order valence-electron chi connectivity index (χ1n) is 7.63. The van der Waals surface area contributed by atoms with Gasteiger partial charge in [0.15, 0.2) is 0 Å². The van der Waals surface area contributed by atoms with Gasteiger partial charge < -0.3 is 10.2 Å². The van der Waals surface area contributed by atoms with Crippen LogP contribution in [0.5, 0.6) is 0 Å². The summed E-state index contributed by atoms with van der Waals surface area (Å²) in [6, 6.07) is 14.0. The molecule has 1 radical (unpaired) electrons. The number of amides is 2. The Bertz CT molecular complexity index is 758. The average molecular weight is 367 g/mol. The summed E-state index contributed by atoms with van der Waals surface area (Å²) in [7, 11) is 0. The maximum atomic E-state index is 12.4. The molecular formula is C18H18CoN3O2-. The maximum Gasteiger partial charge on any atom is 0.250 e. The second-order valence-corrected chi connectivity index (χ2v) is 5.53. The van der Waals surface area contributed by atoms with Gasteiger partial charge in [0.2, 0.25) is 11.8 Å². The van der Waals surface area contributed by atoms with E-state index in [9.17, 15) is 9.59 Å². The predicted molar refractivity (Wildman–Crippen MR) is 89.4 cm³/mol. The molecular weight excluding hydrogens is 349 g/mol. The third kappa shape index (κ3) is 3.65. The Hall–Kier alpha value is -2.18. The molecule has 127 valence electrons. The minimum Gasteiger partial charge on any atom is -0.343 e. The smallest absolute Gasteiger partial charge is 0.250 e. The summed E-state index contributed by atoms with van der Waals surface area (Å²) < 4.78 is 0. The molecule has 2 aromatic carbocycles. The maximum absolute atomic E-state index is 12.4. The van der Waals surface area contributed by atoms with Gasteiger partial charge in [-0.15, -0.1) is 16.8 Å². The SMILES string of the molecule is C=N[C@@H]1CCCN1C(=O)CNC(=O)c1cccc2c[c-]ccc12.[Co]. The van der Waals surface area contributed by atoms with E-state index in [4.69, 9.17) is 0 Å². The van der Waals surface area contributed by atoms with Gasteiger partial charge in [0.05, 0.1) is 6.54 Å². The Morgan fingerprint density at radius 1 is 1.38 bits per heavy atom. The van der Waals surface area contributed by atoms with Crippen LogP contribution in [0.25, 0.3) is 10.8 Å². The normalized spacial score (nSPS) is 16.5. The largest absolute Gasteiger partial charge is 0.343 e. The van der Waals surface area contributed by atoms with Crippen molar-refractivity contribution in [2.24, 2.45) is 4.99 Å². The van der Waals surface area contributed by atoms with Gasteiger partial charge in [-0.25, -0.2) is 0 Å². The average Bonchev–Trinajstić information content (AvgIpc) is 3.07. The van der Waals surface area contributed by atoms with Gasteiger partial charge in [-0.05, 0) is 19.6 Å². The second-order valence-electron chi connectivity index (χ2n) is 5.53. The summed E-state index contributed by atoms with van der Waals surface area (Å²) in [5, 5.41) is 4.51. The zero-order valence-corrected chi connectivity index (χ0v) is 14.2. The van der Waals surface area contributed by atoms with Crippen molar-refractivity contribution in [1.82, 2.24) is 10.2 Å². The van der Waals surface area contributed by atoms with E-state index in [1.54, 1.807) is 17.0 Å². The summed E-state index contributed by atoms with van der Waals surface area (Å²) in [4.78, 5) is 30.3. The third-order valence-corrected chi connectivity index (χ3v) is 4.12. The zero-order valence-electron chi connectivity index (χ0n) is 13.1. The van der Waals surface area contributed by atoms with E-state index in [1.807, 2.05) is 24.3 Å². The minimum absolute atomic E-state index is 0. The Morgan fingerprint density at radius 3 is 3.00 bits per heavy atom. The molecule has 1 aliphatic rings. The Labute approximate surface area is 151 Å². The van der Waals surface area contributed by atoms with Crippen LogP contribution in [0.3, 0.4) is 0 Å². The first-order valence-corrected chi connectivity index (χ1v) is 7.63. The molecule has 5 nitrogen and oxygen atoms in total. The van der Waals surface area contributed by atoms with Crippen molar-refractivity contribution in [3.8, 4) is 0 Å². The van der Waals surface area contributed by atoms with Crippen molar-refractivity contribution in [3.05, 3.63) is 48.0 Å². The molecule has 6 heteroatoms. The monoisotopic (exact) mass is 367 g/mol. The third-order valence-electron chi connectivity index (χ3n) is 4.12. The van der Waals surface area contributed by atoms with Gasteiger partial charge in [-0.3, -0.25) is 14.6 Å². The molecule has 1 fully saturated rings. The Morgan fingerprint density at radius 2 is 2.21 bits per heavy atom. The number of benzene rings is 2. The number of likely N-dealkylation sites (tertiary alicyclic amines) is 1. The number of rotatable bonds is 4. The van der Waals surface area contributed by atoms with Crippen LogP contribution in [-0.2, 0) is 21.6 Å². The molecule has 0 aromatic heterocycles. The van der Waals surface area contributed by atoms with Crippen molar-refractivity contribution in [1.29, 1.82) is 0 Å². The molecule has 3 rings (SSSR count). The molecule has 2 aromatic rings. The van der Waals surface area contributed by atoms with E-state index in [2.05, 4.69) is 23.1 Å². The number of hydrogen-bond acceptors (Lipinski definition) is 3. The summed E-state index contributed by atoms with van der Waals surface area (Å²) >= 11 is 0. The van der Waals surface area contributed by atoms with Crippen LogP contribution in [-0.4, -0.2) is 42.7 Å². The minimum atomic E-state index is -0.252. The number of nitrogens with one attached hydrogen (secondary N) is 1. The summed E-state index contributed by atoms with van der Waals surface area (Å²) in [6.07, 6.45) is 1.60. The van der Waals surface area contributed by atoms with E-state index in [0.717, 1.165) is 23.6 Å². The van der Waals surface area contributed by atoms with Crippen molar-refractivity contribution in [2.75, 3.05) is 13.1 Å². The molecule has 1 aliphatic heterocycles. The molecule has 0 aliphatic carbocycles. The predicted octanol–water partition coefficient (Wildman–Crippen LogP) is 2.02. The molecule has 1 atom stereocenters. The van der Waals surface area contributed by atoms with Gasteiger partial charge in [-0.2, -0.15) is 24.3 Å². The number of carbonyl (C=O) groups excluding carboxylic acids is 2. The van der Waals surface area contributed by atoms with Gasteiger partial charge >= 0.3 is 0 Å².